The Labute approximate surface area is 193 Å². The van der Waals surface area contributed by atoms with Crippen LogP contribution < -0.4 is 5.56 Å². The fraction of sp³-hybridized carbons (Fsp3) is 0.318. The third-order valence-electron chi connectivity index (χ3n) is 5.03. The maximum Gasteiger partial charge on any atom is 0.348 e. The zero-order valence-electron chi connectivity index (χ0n) is 18.4. The SMILES string of the molecule is CCOC(=O)c1sc2nc(C(C)Sc3nnc(C)n3-c3ccc(C)cc3)[nH]c(=O)c2c1C. The molecule has 1 N–H and O–H groups in total. The molecule has 3 heterocycles. The zero-order valence-corrected chi connectivity index (χ0v) is 20.1. The van der Waals surface area contributed by atoms with Crippen molar-refractivity contribution in [2.24, 2.45) is 0 Å². The summed E-state index contributed by atoms with van der Waals surface area (Å²) in [5.41, 5.74) is 2.47. The molecule has 0 fully saturated rings. The van der Waals surface area contributed by atoms with Crippen LogP contribution in [0.5, 0.6) is 0 Å². The number of aromatic amines is 1. The first kappa shape index (κ1) is 22.2. The van der Waals surface area contributed by atoms with Crippen molar-refractivity contribution in [3.8, 4) is 5.69 Å². The second kappa shape index (κ2) is 8.87. The van der Waals surface area contributed by atoms with Gasteiger partial charge in [-0.1, -0.05) is 29.5 Å². The number of H-pyrrole nitrogens is 1. The van der Waals surface area contributed by atoms with Crippen LogP contribution in [0, 0.1) is 20.8 Å². The lowest BCUT2D eigenvalue weighted by Gasteiger charge is -2.12. The maximum atomic E-state index is 12.8. The Balaban J connectivity index is 1.68. The van der Waals surface area contributed by atoms with Crippen molar-refractivity contribution in [2.75, 3.05) is 6.61 Å². The van der Waals surface area contributed by atoms with Gasteiger partial charge in [0.15, 0.2) is 5.16 Å². The Hall–Kier alpha value is -2.98. The van der Waals surface area contributed by atoms with E-state index in [-0.39, 0.29) is 17.4 Å². The van der Waals surface area contributed by atoms with Gasteiger partial charge < -0.3 is 9.72 Å². The van der Waals surface area contributed by atoms with Gasteiger partial charge in [0.1, 0.15) is 21.4 Å². The van der Waals surface area contributed by atoms with Gasteiger partial charge >= 0.3 is 5.97 Å². The van der Waals surface area contributed by atoms with Gasteiger partial charge in [-0.2, -0.15) is 0 Å². The van der Waals surface area contributed by atoms with Gasteiger partial charge in [-0.05, 0) is 52.3 Å². The van der Waals surface area contributed by atoms with Crippen molar-refractivity contribution in [3.05, 3.63) is 62.3 Å². The van der Waals surface area contributed by atoms with Gasteiger partial charge in [-0.3, -0.25) is 9.36 Å². The number of ether oxygens (including phenoxy) is 1. The number of aromatic nitrogens is 5. The molecule has 0 aliphatic rings. The molecule has 166 valence electrons. The van der Waals surface area contributed by atoms with Gasteiger partial charge in [0, 0.05) is 5.69 Å². The molecule has 0 saturated carbocycles. The molecular formula is C22H23N5O3S2. The third kappa shape index (κ3) is 4.07. The lowest BCUT2D eigenvalue weighted by molar-refractivity contribution is 0.0531. The monoisotopic (exact) mass is 469 g/mol. The summed E-state index contributed by atoms with van der Waals surface area (Å²) in [6, 6.07) is 8.13. The number of nitrogens with one attached hydrogen (secondary N) is 1. The topological polar surface area (TPSA) is 103 Å². The van der Waals surface area contributed by atoms with Crippen molar-refractivity contribution in [1.29, 1.82) is 0 Å². The van der Waals surface area contributed by atoms with Crippen molar-refractivity contribution >= 4 is 39.3 Å². The molecule has 1 atom stereocenters. The summed E-state index contributed by atoms with van der Waals surface area (Å²) in [5, 5.41) is 9.49. The normalized spacial score (nSPS) is 12.3. The van der Waals surface area contributed by atoms with Gasteiger partial charge in [0.25, 0.3) is 5.56 Å². The average Bonchev–Trinajstić information content (AvgIpc) is 3.29. The number of thiophene rings is 1. The average molecular weight is 470 g/mol. The quantitative estimate of drug-likeness (QED) is 0.327. The molecule has 1 unspecified atom stereocenters. The lowest BCUT2D eigenvalue weighted by Crippen LogP contribution is -2.13. The molecule has 3 aromatic heterocycles. The first-order chi connectivity index (χ1) is 15.3. The molecule has 0 radical (unpaired) electrons. The highest BCUT2D eigenvalue weighted by atomic mass is 32.2. The number of hydrogen-bond acceptors (Lipinski definition) is 8. The highest BCUT2D eigenvalue weighted by molar-refractivity contribution is 7.99. The van der Waals surface area contributed by atoms with E-state index in [2.05, 4.69) is 20.2 Å². The molecule has 4 rings (SSSR count). The van der Waals surface area contributed by atoms with E-state index >= 15 is 0 Å². The van der Waals surface area contributed by atoms with Crippen molar-refractivity contribution < 1.29 is 9.53 Å². The van der Waals surface area contributed by atoms with E-state index in [4.69, 9.17) is 4.74 Å². The van der Waals surface area contributed by atoms with E-state index in [0.29, 0.717) is 31.6 Å². The van der Waals surface area contributed by atoms with Crippen LogP contribution in [0.3, 0.4) is 0 Å². The van der Waals surface area contributed by atoms with Crippen LogP contribution >= 0.6 is 23.1 Å². The van der Waals surface area contributed by atoms with Crippen LogP contribution in [-0.2, 0) is 4.74 Å². The lowest BCUT2D eigenvalue weighted by atomic mass is 10.2. The minimum atomic E-state index is -0.432. The highest BCUT2D eigenvalue weighted by Crippen LogP contribution is 2.35. The van der Waals surface area contributed by atoms with E-state index in [1.54, 1.807) is 13.8 Å². The fourth-order valence-electron chi connectivity index (χ4n) is 3.37. The van der Waals surface area contributed by atoms with Crippen molar-refractivity contribution in [2.45, 2.75) is 45.0 Å². The predicted octanol–water partition coefficient (Wildman–Crippen LogP) is 4.52. The fourth-order valence-corrected chi connectivity index (χ4v) is 5.42. The van der Waals surface area contributed by atoms with Gasteiger partial charge in [-0.25, -0.2) is 9.78 Å². The minimum absolute atomic E-state index is 0.201. The number of rotatable bonds is 6. The number of carbonyl (C=O) groups excluding carboxylic acids is 1. The molecule has 8 nitrogen and oxygen atoms in total. The largest absolute Gasteiger partial charge is 0.462 e. The summed E-state index contributed by atoms with van der Waals surface area (Å²) in [6.07, 6.45) is 0. The number of nitrogens with zero attached hydrogens (tertiary/aromatic N) is 4. The van der Waals surface area contributed by atoms with Gasteiger partial charge in [0.2, 0.25) is 0 Å². The summed E-state index contributed by atoms with van der Waals surface area (Å²) in [6.45, 7) is 9.66. The van der Waals surface area contributed by atoms with E-state index in [9.17, 15) is 9.59 Å². The van der Waals surface area contributed by atoms with E-state index in [1.165, 1.54) is 28.7 Å². The highest BCUT2D eigenvalue weighted by Gasteiger charge is 2.23. The van der Waals surface area contributed by atoms with Crippen LogP contribution in [0.25, 0.3) is 15.9 Å². The minimum Gasteiger partial charge on any atom is -0.462 e. The Bertz CT molecular complexity index is 1350. The molecule has 1 aromatic carbocycles. The van der Waals surface area contributed by atoms with E-state index in [0.717, 1.165) is 11.5 Å². The summed E-state index contributed by atoms with van der Waals surface area (Å²) in [4.78, 5) is 33.5. The van der Waals surface area contributed by atoms with Crippen LogP contribution in [0.15, 0.2) is 34.2 Å². The van der Waals surface area contributed by atoms with Crippen LogP contribution in [0.4, 0.5) is 0 Å². The number of esters is 1. The number of thioether (sulfide) groups is 1. The predicted molar refractivity (Wildman–Crippen MR) is 126 cm³/mol. The van der Waals surface area contributed by atoms with E-state index < -0.39 is 5.97 Å². The second-order valence-corrected chi connectivity index (χ2v) is 9.68. The molecule has 0 amide bonds. The summed E-state index contributed by atoms with van der Waals surface area (Å²) >= 11 is 2.64. The molecule has 32 heavy (non-hydrogen) atoms. The first-order valence-corrected chi connectivity index (χ1v) is 11.9. The Morgan fingerprint density at radius 2 is 1.94 bits per heavy atom. The standard InChI is InChI=1S/C22H23N5O3S2/c1-6-30-21(29)17-12(3)16-19(28)23-18(24-20(16)32-17)13(4)31-22-26-25-14(5)27(22)15-9-7-11(2)8-10-15/h7-10,13H,6H2,1-5H3,(H,23,24,28). The first-order valence-electron chi connectivity index (χ1n) is 10.2. The van der Waals surface area contributed by atoms with Crippen LogP contribution in [-0.4, -0.2) is 37.3 Å². The molecule has 0 aliphatic heterocycles. The third-order valence-corrected chi connectivity index (χ3v) is 7.25. The van der Waals surface area contributed by atoms with Gasteiger partial charge in [0.05, 0.1) is 17.2 Å². The van der Waals surface area contributed by atoms with Gasteiger partial charge in [-0.15, -0.1) is 21.5 Å². The number of carbonyl (C=O) groups is 1. The molecule has 0 spiro atoms. The number of aryl methyl sites for hydroxylation is 3. The number of benzene rings is 1. The molecule has 0 saturated heterocycles. The molecule has 0 bridgehead atoms. The zero-order chi connectivity index (χ0) is 23.0. The summed E-state index contributed by atoms with van der Waals surface area (Å²) in [5.74, 6) is 0.853. The van der Waals surface area contributed by atoms with Crippen LogP contribution in [0.2, 0.25) is 0 Å². The van der Waals surface area contributed by atoms with Crippen molar-refractivity contribution in [3.63, 3.8) is 0 Å². The van der Waals surface area contributed by atoms with Crippen LogP contribution in [0.1, 0.15) is 51.5 Å². The molecule has 4 aromatic rings. The Kier molecular flexibility index (Phi) is 6.16. The maximum absolute atomic E-state index is 12.8. The second-order valence-electron chi connectivity index (χ2n) is 7.37. The Morgan fingerprint density at radius 3 is 2.62 bits per heavy atom. The molecule has 10 heteroatoms. The smallest absolute Gasteiger partial charge is 0.348 e. The Morgan fingerprint density at radius 1 is 1.22 bits per heavy atom. The number of hydrogen-bond donors (Lipinski definition) is 1. The number of fused-ring (bicyclic) bond motifs is 1. The summed E-state index contributed by atoms with van der Waals surface area (Å²) in [7, 11) is 0. The molecule has 0 aliphatic carbocycles. The summed E-state index contributed by atoms with van der Waals surface area (Å²) < 4.78 is 7.09. The van der Waals surface area contributed by atoms with Crippen molar-refractivity contribution in [1.82, 2.24) is 24.7 Å². The van der Waals surface area contributed by atoms with E-state index in [1.807, 2.05) is 49.6 Å². The molecular weight excluding hydrogens is 446 g/mol.